The third kappa shape index (κ3) is 6.80. The van der Waals surface area contributed by atoms with Gasteiger partial charge in [0.1, 0.15) is 0 Å². The number of hydrogen-bond acceptors (Lipinski definition) is 5. The Bertz CT molecular complexity index is 914. The summed E-state index contributed by atoms with van der Waals surface area (Å²) in [6.45, 7) is 3.19. The number of anilines is 2. The van der Waals surface area contributed by atoms with Crippen molar-refractivity contribution in [3.05, 3.63) is 47.0 Å². The molecule has 154 valence electrons. The van der Waals surface area contributed by atoms with E-state index in [0.717, 1.165) is 0 Å². The van der Waals surface area contributed by atoms with E-state index < -0.39 is 0 Å². The normalized spacial score (nSPS) is 10.2. The van der Waals surface area contributed by atoms with E-state index in [0.29, 0.717) is 46.5 Å². The molecule has 0 aliphatic carbocycles. The van der Waals surface area contributed by atoms with Gasteiger partial charge >= 0.3 is 0 Å². The van der Waals surface area contributed by atoms with Gasteiger partial charge in [-0.1, -0.05) is 11.6 Å². The number of Topliss-reactive ketones (excluding diaryl/α,β-unsaturated/α-hetero) is 1. The molecule has 0 aliphatic heterocycles. The second-order valence-corrected chi connectivity index (χ2v) is 6.71. The quantitative estimate of drug-likeness (QED) is 0.467. The molecule has 0 spiro atoms. The molecule has 0 atom stereocenters. The van der Waals surface area contributed by atoms with Crippen LogP contribution in [-0.2, 0) is 9.59 Å². The standard InChI is InChI=1S/C21H23ClN2O5/c1-13(25)15-6-9-19(20(11-15)28-3)29-10-4-5-21(27)24-18-8-7-16(12-17(18)22)23-14(2)26/h6-9,11-12H,4-5,10H2,1-3H3,(H,23,26)(H,24,27). The lowest BCUT2D eigenvalue weighted by molar-refractivity contribution is -0.116. The minimum Gasteiger partial charge on any atom is -0.493 e. The summed E-state index contributed by atoms with van der Waals surface area (Å²) in [4.78, 5) is 34.6. The first-order valence-electron chi connectivity index (χ1n) is 8.99. The molecule has 0 bridgehead atoms. The number of rotatable bonds is 9. The lowest BCUT2D eigenvalue weighted by Gasteiger charge is -2.12. The molecule has 0 saturated heterocycles. The number of methoxy groups -OCH3 is 1. The molecule has 8 heteroatoms. The van der Waals surface area contributed by atoms with E-state index in [1.807, 2.05) is 0 Å². The van der Waals surface area contributed by atoms with Crippen LogP contribution in [0.1, 0.15) is 37.0 Å². The van der Waals surface area contributed by atoms with E-state index in [1.54, 1.807) is 36.4 Å². The van der Waals surface area contributed by atoms with Crippen molar-refractivity contribution in [3.8, 4) is 11.5 Å². The molecule has 7 nitrogen and oxygen atoms in total. The van der Waals surface area contributed by atoms with Crippen molar-refractivity contribution >= 4 is 40.6 Å². The zero-order valence-corrected chi connectivity index (χ0v) is 17.3. The van der Waals surface area contributed by atoms with Crippen LogP contribution in [0.5, 0.6) is 11.5 Å². The summed E-state index contributed by atoms with van der Waals surface area (Å²) < 4.78 is 10.9. The molecule has 29 heavy (non-hydrogen) atoms. The number of amides is 2. The van der Waals surface area contributed by atoms with Crippen molar-refractivity contribution in [2.75, 3.05) is 24.4 Å². The van der Waals surface area contributed by atoms with Crippen LogP contribution in [0.3, 0.4) is 0 Å². The number of nitrogens with one attached hydrogen (secondary N) is 2. The van der Waals surface area contributed by atoms with Gasteiger partial charge in [0.05, 0.1) is 24.4 Å². The molecule has 2 rings (SSSR count). The molecule has 0 saturated carbocycles. The van der Waals surface area contributed by atoms with E-state index in [2.05, 4.69) is 10.6 Å². The fourth-order valence-corrected chi connectivity index (χ4v) is 2.76. The van der Waals surface area contributed by atoms with Crippen LogP contribution < -0.4 is 20.1 Å². The summed E-state index contributed by atoms with van der Waals surface area (Å²) in [5, 5.41) is 5.68. The highest BCUT2D eigenvalue weighted by Crippen LogP contribution is 2.29. The van der Waals surface area contributed by atoms with Gasteiger partial charge in [-0.25, -0.2) is 0 Å². The Morgan fingerprint density at radius 1 is 1.00 bits per heavy atom. The highest BCUT2D eigenvalue weighted by atomic mass is 35.5. The third-order valence-corrected chi connectivity index (χ3v) is 4.25. The van der Waals surface area contributed by atoms with Crippen LogP contribution in [0.2, 0.25) is 5.02 Å². The van der Waals surface area contributed by atoms with Crippen LogP contribution in [-0.4, -0.2) is 31.3 Å². The van der Waals surface area contributed by atoms with Crippen molar-refractivity contribution in [1.82, 2.24) is 0 Å². The first-order valence-corrected chi connectivity index (χ1v) is 9.36. The fraction of sp³-hybridized carbons (Fsp3) is 0.286. The third-order valence-electron chi connectivity index (χ3n) is 3.94. The summed E-state index contributed by atoms with van der Waals surface area (Å²) in [7, 11) is 1.50. The van der Waals surface area contributed by atoms with Crippen LogP contribution in [0.15, 0.2) is 36.4 Å². The van der Waals surface area contributed by atoms with Crippen LogP contribution in [0, 0.1) is 0 Å². The van der Waals surface area contributed by atoms with Gasteiger partial charge in [0.15, 0.2) is 17.3 Å². The topological polar surface area (TPSA) is 93.7 Å². The predicted octanol–water partition coefficient (Wildman–Crippen LogP) is 4.31. The van der Waals surface area contributed by atoms with Gasteiger partial charge in [0.2, 0.25) is 11.8 Å². The molecule has 0 fully saturated rings. The molecule has 0 heterocycles. The maximum absolute atomic E-state index is 12.1. The summed E-state index contributed by atoms with van der Waals surface area (Å²) >= 11 is 6.14. The van der Waals surface area contributed by atoms with Crippen molar-refractivity contribution in [3.63, 3.8) is 0 Å². The molecular formula is C21H23ClN2O5. The maximum Gasteiger partial charge on any atom is 0.224 e. The number of benzene rings is 2. The SMILES string of the molecule is COc1cc(C(C)=O)ccc1OCCCC(=O)Nc1ccc(NC(C)=O)cc1Cl. The fourth-order valence-electron chi connectivity index (χ4n) is 2.53. The minimum atomic E-state index is -0.207. The van der Waals surface area contributed by atoms with Crippen LogP contribution in [0.4, 0.5) is 11.4 Å². The largest absolute Gasteiger partial charge is 0.493 e. The van der Waals surface area contributed by atoms with Crippen LogP contribution in [0.25, 0.3) is 0 Å². The van der Waals surface area contributed by atoms with Crippen molar-refractivity contribution in [2.24, 2.45) is 0 Å². The summed E-state index contributed by atoms with van der Waals surface area (Å²) in [5.74, 6) is 0.505. The molecule has 0 aromatic heterocycles. The second-order valence-electron chi connectivity index (χ2n) is 6.30. The molecule has 2 amide bonds. The highest BCUT2D eigenvalue weighted by molar-refractivity contribution is 6.34. The van der Waals surface area contributed by atoms with Gasteiger partial charge in [-0.3, -0.25) is 14.4 Å². The minimum absolute atomic E-state index is 0.0599. The lowest BCUT2D eigenvalue weighted by Crippen LogP contribution is -2.13. The summed E-state index contributed by atoms with van der Waals surface area (Å²) in [5.41, 5.74) is 1.56. The monoisotopic (exact) mass is 418 g/mol. The summed E-state index contributed by atoms with van der Waals surface area (Å²) in [6, 6.07) is 9.81. The zero-order valence-electron chi connectivity index (χ0n) is 16.5. The summed E-state index contributed by atoms with van der Waals surface area (Å²) in [6.07, 6.45) is 0.711. The Balaban J connectivity index is 1.83. The second kappa shape index (κ2) is 10.5. The molecule has 2 aromatic carbocycles. The number of ketones is 1. The molecule has 0 aliphatic rings. The van der Waals surface area contributed by atoms with Crippen LogP contribution >= 0.6 is 11.6 Å². The molecule has 2 aromatic rings. The number of carbonyl (C=O) groups is 3. The van der Waals surface area contributed by atoms with E-state index in [9.17, 15) is 14.4 Å². The van der Waals surface area contributed by atoms with Gasteiger partial charge in [0.25, 0.3) is 0 Å². The van der Waals surface area contributed by atoms with Gasteiger partial charge in [-0.2, -0.15) is 0 Å². The number of halogens is 1. The first-order chi connectivity index (χ1) is 13.8. The smallest absolute Gasteiger partial charge is 0.224 e. The average Bonchev–Trinajstić information content (AvgIpc) is 2.66. The zero-order chi connectivity index (χ0) is 21.4. The molecule has 2 N–H and O–H groups in total. The van der Waals surface area contributed by atoms with E-state index in [1.165, 1.54) is 21.0 Å². The highest BCUT2D eigenvalue weighted by Gasteiger charge is 2.10. The van der Waals surface area contributed by atoms with Crippen molar-refractivity contribution < 1.29 is 23.9 Å². The van der Waals surface area contributed by atoms with Crippen molar-refractivity contribution in [1.29, 1.82) is 0 Å². The maximum atomic E-state index is 12.1. The number of carbonyl (C=O) groups excluding carboxylic acids is 3. The Labute approximate surface area is 174 Å². The van der Waals surface area contributed by atoms with E-state index >= 15 is 0 Å². The van der Waals surface area contributed by atoms with Gasteiger partial charge in [-0.15, -0.1) is 0 Å². The van der Waals surface area contributed by atoms with Gasteiger partial charge in [0, 0.05) is 24.6 Å². The number of ether oxygens (including phenoxy) is 2. The van der Waals surface area contributed by atoms with Gasteiger partial charge < -0.3 is 20.1 Å². The molecule has 0 unspecified atom stereocenters. The molecular weight excluding hydrogens is 396 g/mol. The Hall–Kier alpha value is -3.06. The average molecular weight is 419 g/mol. The number of hydrogen-bond donors (Lipinski definition) is 2. The Morgan fingerprint density at radius 2 is 1.76 bits per heavy atom. The lowest BCUT2D eigenvalue weighted by atomic mass is 10.1. The Morgan fingerprint density at radius 3 is 2.38 bits per heavy atom. The first kappa shape index (κ1) is 22.2. The van der Waals surface area contributed by atoms with Gasteiger partial charge in [-0.05, 0) is 49.7 Å². The predicted molar refractivity (Wildman–Crippen MR) is 112 cm³/mol. The Kier molecular flexibility index (Phi) is 8.03. The molecule has 0 radical (unpaired) electrons. The van der Waals surface area contributed by atoms with E-state index in [4.69, 9.17) is 21.1 Å². The van der Waals surface area contributed by atoms with E-state index in [-0.39, 0.29) is 24.0 Å². The van der Waals surface area contributed by atoms with Crippen molar-refractivity contribution in [2.45, 2.75) is 26.7 Å².